The zero-order chi connectivity index (χ0) is 19.6. The molecule has 0 saturated carbocycles. The summed E-state index contributed by atoms with van der Waals surface area (Å²) in [6.07, 6.45) is 2.12. The molecule has 0 saturated heterocycles. The number of carbonyl (C=O) groups excluding carboxylic acids is 1. The number of nitrogens with one attached hydrogen (secondary N) is 3. The van der Waals surface area contributed by atoms with Gasteiger partial charge < -0.3 is 15.7 Å². The molecule has 142 valence electrons. The Bertz CT molecular complexity index is 783. The van der Waals surface area contributed by atoms with Gasteiger partial charge in [-0.2, -0.15) is 0 Å². The zero-order valence-corrected chi connectivity index (χ0v) is 15.4. The number of aryl methyl sites for hydroxylation is 1. The molecule has 2 aromatic carbocycles. The highest BCUT2D eigenvalue weighted by Gasteiger charge is 2.09. The minimum Gasteiger partial charge on any atom is -0.481 e. The first-order valence-electron chi connectivity index (χ1n) is 9.00. The van der Waals surface area contributed by atoms with Crippen LogP contribution in [0.4, 0.5) is 0 Å². The lowest BCUT2D eigenvalue weighted by atomic mass is 10.1. The lowest BCUT2D eigenvalue weighted by Gasteiger charge is -2.09. The van der Waals surface area contributed by atoms with E-state index in [0.29, 0.717) is 24.2 Å². The molecule has 1 amide bonds. The van der Waals surface area contributed by atoms with Gasteiger partial charge in [0.1, 0.15) is 5.84 Å². The van der Waals surface area contributed by atoms with E-state index in [1.165, 1.54) is 5.56 Å². The highest BCUT2D eigenvalue weighted by atomic mass is 16.4. The zero-order valence-electron chi connectivity index (χ0n) is 15.4. The Morgan fingerprint density at radius 1 is 0.963 bits per heavy atom. The second kappa shape index (κ2) is 10.2. The second-order valence-electron chi connectivity index (χ2n) is 6.29. The maximum absolute atomic E-state index is 12.3. The number of benzene rings is 2. The molecule has 0 heterocycles. The summed E-state index contributed by atoms with van der Waals surface area (Å²) in [5.74, 6) is -1.09. The van der Waals surface area contributed by atoms with E-state index in [0.717, 1.165) is 18.4 Å². The molecule has 0 radical (unpaired) electrons. The summed E-state index contributed by atoms with van der Waals surface area (Å²) in [7, 11) is 0. The molecule has 6 heteroatoms. The van der Waals surface area contributed by atoms with Gasteiger partial charge in [0.05, 0.1) is 6.42 Å². The highest BCUT2D eigenvalue weighted by Crippen LogP contribution is 2.08. The molecule has 0 aromatic heterocycles. The van der Waals surface area contributed by atoms with E-state index in [2.05, 4.69) is 17.6 Å². The average molecular weight is 367 g/mol. The highest BCUT2D eigenvalue weighted by molar-refractivity contribution is 6.11. The van der Waals surface area contributed by atoms with E-state index in [4.69, 9.17) is 10.5 Å². The lowest BCUT2D eigenvalue weighted by Crippen LogP contribution is -2.30. The summed E-state index contributed by atoms with van der Waals surface area (Å²) in [4.78, 5) is 22.8. The van der Waals surface area contributed by atoms with Crippen LogP contribution in [0.15, 0.2) is 48.5 Å². The van der Waals surface area contributed by atoms with Crippen LogP contribution in [-0.2, 0) is 17.8 Å². The molecule has 27 heavy (non-hydrogen) atoms. The molecular formula is C21H25N3O3. The molecule has 0 fully saturated rings. The molecule has 0 spiro atoms. The molecule has 0 unspecified atom stereocenters. The Morgan fingerprint density at radius 2 is 1.56 bits per heavy atom. The van der Waals surface area contributed by atoms with E-state index in [-0.39, 0.29) is 18.2 Å². The van der Waals surface area contributed by atoms with Gasteiger partial charge in [-0.15, -0.1) is 0 Å². The third kappa shape index (κ3) is 6.67. The summed E-state index contributed by atoms with van der Waals surface area (Å²) in [6.45, 7) is 3.07. The quantitative estimate of drug-likeness (QED) is 0.311. The third-order valence-electron chi connectivity index (χ3n) is 4.08. The van der Waals surface area contributed by atoms with Gasteiger partial charge in [-0.25, -0.2) is 0 Å². The number of aliphatic carboxylic acids is 1. The van der Waals surface area contributed by atoms with Crippen molar-refractivity contribution in [1.29, 1.82) is 5.41 Å². The Morgan fingerprint density at radius 3 is 2.15 bits per heavy atom. The molecule has 0 aliphatic rings. The molecule has 6 nitrogen and oxygen atoms in total. The van der Waals surface area contributed by atoms with Crippen molar-refractivity contribution in [2.45, 2.75) is 32.7 Å². The van der Waals surface area contributed by atoms with Gasteiger partial charge in [0.25, 0.3) is 5.91 Å². The first-order valence-corrected chi connectivity index (χ1v) is 9.00. The van der Waals surface area contributed by atoms with Gasteiger partial charge in [0, 0.05) is 24.2 Å². The van der Waals surface area contributed by atoms with Crippen LogP contribution in [0.2, 0.25) is 0 Å². The smallest absolute Gasteiger partial charge is 0.304 e. The average Bonchev–Trinajstić information content (AvgIpc) is 2.66. The minimum atomic E-state index is -0.831. The summed E-state index contributed by atoms with van der Waals surface area (Å²) in [5.41, 5.74) is 3.31. The van der Waals surface area contributed by atoms with Crippen LogP contribution in [-0.4, -0.2) is 29.4 Å². The minimum absolute atomic E-state index is 0.0445. The van der Waals surface area contributed by atoms with E-state index >= 15 is 0 Å². The molecule has 4 N–H and O–H groups in total. The van der Waals surface area contributed by atoms with Gasteiger partial charge in [-0.1, -0.05) is 49.7 Å². The summed E-state index contributed by atoms with van der Waals surface area (Å²) >= 11 is 0. The first kappa shape index (κ1) is 20.3. The number of carboxylic acid groups (broad SMARTS) is 1. The standard InChI is InChI=1S/C21H25N3O3/c1-2-3-15-4-10-18(11-5-15)21(27)24-20(22)17-8-6-16(7-9-17)14-23-13-12-19(25)26/h4-11,23H,2-3,12-14H2,1H3,(H,25,26)(H2,22,24,27). The fourth-order valence-electron chi connectivity index (χ4n) is 2.59. The predicted molar refractivity (Wildman–Crippen MR) is 105 cm³/mol. The fourth-order valence-corrected chi connectivity index (χ4v) is 2.59. The maximum atomic E-state index is 12.3. The van der Waals surface area contributed by atoms with Gasteiger partial charge in [0.2, 0.25) is 0 Å². The Kier molecular flexibility index (Phi) is 7.70. The number of amidine groups is 1. The second-order valence-corrected chi connectivity index (χ2v) is 6.29. The molecule has 0 aliphatic heterocycles. The fraction of sp³-hybridized carbons (Fsp3) is 0.286. The van der Waals surface area contributed by atoms with Crippen LogP contribution in [0.1, 0.15) is 46.8 Å². The van der Waals surface area contributed by atoms with Gasteiger partial charge in [0.15, 0.2) is 0 Å². The van der Waals surface area contributed by atoms with E-state index in [9.17, 15) is 9.59 Å². The third-order valence-corrected chi connectivity index (χ3v) is 4.08. The van der Waals surface area contributed by atoms with Crippen LogP contribution >= 0.6 is 0 Å². The van der Waals surface area contributed by atoms with Gasteiger partial charge in [-0.05, 0) is 29.7 Å². The van der Waals surface area contributed by atoms with Crippen molar-refractivity contribution >= 4 is 17.7 Å². The Hall–Kier alpha value is -2.99. The number of carboxylic acids is 1. The van der Waals surface area contributed by atoms with Crippen LogP contribution in [0.5, 0.6) is 0 Å². The molecule has 2 rings (SSSR count). The van der Waals surface area contributed by atoms with Crippen molar-refractivity contribution in [3.63, 3.8) is 0 Å². The van der Waals surface area contributed by atoms with Crippen molar-refractivity contribution < 1.29 is 14.7 Å². The molecule has 2 aromatic rings. The Labute approximate surface area is 159 Å². The Balaban J connectivity index is 1.87. The monoisotopic (exact) mass is 367 g/mol. The molecule has 0 aliphatic carbocycles. The molecular weight excluding hydrogens is 342 g/mol. The van der Waals surface area contributed by atoms with Crippen molar-refractivity contribution in [3.8, 4) is 0 Å². The van der Waals surface area contributed by atoms with E-state index in [1.54, 1.807) is 24.3 Å². The van der Waals surface area contributed by atoms with E-state index < -0.39 is 5.97 Å². The van der Waals surface area contributed by atoms with Crippen LogP contribution < -0.4 is 10.6 Å². The number of hydrogen-bond donors (Lipinski definition) is 4. The number of amides is 1. The van der Waals surface area contributed by atoms with Crippen LogP contribution in [0.3, 0.4) is 0 Å². The van der Waals surface area contributed by atoms with Crippen molar-refractivity contribution in [2.24, 2.45) is 0 Å². The van der Waals surface area contributed by atoms with E-state index in [1.807, 2.05) is 24.3 Å². The van der Waals surface area contributed by atoms with Crippen molar-refractivity contribution in [2.75, 3.05) is 6.54 Å². The number of hydrogen-bond acceptors (Lipinski definition) is 4. The predicted octanol–water partition coefficient (Wildman–Crippen LogP) is 2.96. The van der Waals surface area contributed by atoms with Crippen LogP contribution in [0.25, 0.3) is 0 Å². The SMILES string of the molecule is CCCc1ccc(C(=O)NC(=N)c2ccc(CNCCC(=O)O)cc2)cc1. The molecule has 0 atom stereocenters. The maximum Gasteiger partial charge on any atom is 0.304 e. The summed E-state index contributed by atoms with van der Waals surface area (Å²) < 4.78 is 0. The summed E-state index contributed by atoms with van der Waals surface area (Å²) in [5, 5.41) is 22.3. The normalized spacial score (nSPS) is 10.4. The first-order chi connectivity index (χ1) is 13.0. The van der Waals surface area contributed by atoms with Gasteiger partial charge >= 0.3 is 5.97 Å². The largest absolute Gasteiger partial charge is 0.481 e. The number of carbonyl (C=O) groups is 2. The van der Waals surface area contributed by atoms with Gasteiger partial charge in [-0.3, -0.25) is 15.0 Å². The lowest BCUT2D eigenvalue weighted by molar-refractivity contribution is -0.136. The molecule has 0 bridgehead atoms. The number of rotatable bonds is 9. The van der Waals surface area contributed by atoms with Crippen molar-refractivity contribution in [1.82, 2.24) is 10.6 Å². The van der Waals surface area contributed by atoms with Crippen molar-refractivity contribution in [3.05, 3.63) is 70.8 Å². The summed E-state index contributed by atoms with van der Waals surface area (Å²) in [6, 6.07) is 14.7. The topological polar surface area (TPSA) is 102 Å². The van der Waals surface area contributed by atoms with Crippen LogP contribution in [0, 0.1) is 5.41 Å².